The van der Waals surface area contributed by atoms with Crippen LogP contribution in [0.25, 0.3) is 33.2 Å². The van der Waals surface area contributed by atoms with Gasteiger partial charge >= 0.3 is 0 Å². The maximum atomic E-state index is 13.2. The topological polar surface area (TPSA) is 91.5 Å². The summed E-state index contributed by atoms with van der Waals surface area (Å²) in [5, 5.41) is 0.983. The van der Waals surface area contributed by atoms with E-state index in [4.69, 9.17) is 0 Å². The lowest BCUT2D eigenvalue weighted by molar-refractivity contribution is 0.591. The normalized spacial score (nSPS) is 12.1. The summed E-state index contributed by atoms with van der Waals surface area (Å²) in [6.07, 6.45) is 4.98. The maximum Gasteiger partial charge on any atom is 0.226 e. The standard InChI is InChI=1S/C21H15BrN4O2S/c1-12-2-4-16(22)18(8-12)29(27,28)19-11-25-21-20(26-19)15(10-24-21)13-3-5-17-14(9-13)6-7-23-17/h2-11,23H,1H3,(H,24,25). The third-order valence-corrected chi connectivity index (χ3v) is 7.49. The first-order valence-corrected chi connectivity index (χ1v) is 11.1. The molecule has 0 spiro atoms. The molecule has 0 fully saturated rings. The Morgan fingerprint density at radius 1 is 1.03 bits per heavy atom. The van der Waals surface area contributed by atoms with Crippen LogP contribution in [0.5, 0.6) is 0 Å². The smallest absolute Gasteiger partial charge is 0.226 e. The van der Waals surface area contributed by atoms with Gasteiger partial charge in [0.1, 0.15) is 5.52 Å². The molecule has 0 atom stereocenters. The number of aromatic amines is 2. The van der Waals surface area contributed by atoms with Crippen molar-refractivity contribution in [2.45, 2.75) is 16.8 Å². The molecule has 2 N–H and O–H groups in total. The van der Waals surface area contributed by atoms with Gasteiger partial charge in [-0.3, -0.25) is 0 Å². The number of sulfone groups is 1. The Labute approximate surface area is 175 Å². The third kappa shape index (κ3) is 2.95. The molecule has 0 radical (unpaired) electrons. The highest BCUT2D eigenvalue weighted by Crippen LogP contribution is 2.32. The molecule has 144 valence electrons. The lowest BCUT2D eigenvalue weighted by atomic mass is 10.1. The second kappa shape index (κ2) is 6.53. The maximum absolute atomic E-state index is 13.2. The second-order valence-corrected chi connectivity index (χ2v) is 9.54. The van der Waals surface area contributed by atoms with Gasteiger partial charge < -0.3 is 9.97 Å². The molecule has 0 amide bonds. The summed E-state index contributed by atoms with van der Waals surface area (Å²) in [6.45, 7) is 1.85. The van der Waals surface area contributed by atoms with E-state index in [0.717, 1.165) is 27.6 Å². The van der Waals surface area contributed by atoms with Crippen LogP contribution in [0.15, 0.2) is 75.4 Å². The molecule has 0 aliphatic rings. The molecule has 6 nitrogen and oxygen atoms in total. The number of rotatable bonds is 3. The number of hydrogen-bond donors (Lipinski definition) is 2. The van der Waals surface area contributed by atoms with Crippen LogP contribution in [0.4, 0.5) is 0 Å². The molecule has 8 heteroatoms. The number of benzene rings is 2. The van der Waals surface area contributed by atoms with Gasteiger partial charge in [0.25, 0.3) is 0 Å². The van der Waals surface area contributed by atoms with Gasteiger partial charge in [0.2, 0.25) is 9.84 Å². The van der Waals surface area contributed by atoms with Gasteiger partial charge in [0.05, 0.1) is 11.1 Å². The summed E-state index contributed by atoms with van der Waals surface area (Å²) in [4.78, 5) is 15.2. The van der Waals surface area contributed by atoms with Crippen molar-refractivity contribution in [3.63, 3.8) is 0 Å². The summed E-state index contributed by atoms with van der Waals surface area (Å²) in [6, 6.07) is 13.2. The summed E-state index contributed by atoms with van der Waals surface area (Å²) < 4.78 is 26.9. The Bertz CT molecular complexity index is 1500. The fraction of sp³-hybridized carbons (Fsp3) is 0.0476. The molecule has 5 rings (SSSR count). The Morgan fingerprint density at radius 3 is 2.76 bits per heavy atom. The van der Waals surface area contributed by atoms with Gasteiger partial charge in [-0.2, -0.15) is 0 Å². The van der Waals surface area contributed by atoms with Gasteiger partial charge in [-0.05, 0) is 69.7 Å². The van der Waals surface area contributed by atoms with E-state index in [2.05, 4.69) is 35.9 Å². The first-order chi connectivity index (χ1) is 13.9. The van der Waals surface area contributed by atoms with Crippen LogP contribution in [-0.2, 0) is 9.84 Å². The van der Waals surface area contributed by atoms with E-state index in [1.807, 2.05) is 43.5 Å². The van der Waals surface area contributed by atoms with Crippen molar-refractivity contribution in [1.82, 2.24) is 19.9 Å². The molecule has 0 saturated heterocycles. The molecular weight excluding hydrogens is 452 g/mol. The SMILES string of the molecule is Cc1ccc(Br)c(S(=O)(=O)c2cnc3[nH]cc(-c4ccc5[nH]ccc5c4)c3n2)c1. The molecule has 29 heavy (non-hydrogen) atoms. The predicted octanol–water partition coefficient (Wildman–Crippen LogP) is 5.01. The van der Waals surface area contributed by atoms with Gasteiger partial charge in [-0.25, -0.2) is 18.4 Å². The molecule has 0 aliphatic carbocycles. The Morgan fingerprint density at radius 2 is 1.90 bits per heavy atom. The molecule has 0 aliphatic heterocycles. The largest absolute Gasteiger partial charge is 0.361 e. The number of H-pyrrole nitrogens is 2. The van der Waals surface area contributed by atoms with E-state index in [0.29, 0.717) is 15.6 Å². The molecular formula is C21H15BrN4O2S. The molecule has 0 saturated carbocycles. The quantitative estimate of drug-likeness (QED) is 0.390. The highest BCUT2D eigenvalue weighted by atomic mass is 79.9. The summed E-state index contributed by atoms with van der Waals surface area (Å²) >= 11 is 3.34. The van der Waals surface area contributed by atoms with Crippen molar-refractivity contribution in [2.75, 3.05) is 0 Å². The van der Waals surface area contributed by atoms with Gasteiger partial charge in [-0.1, -0.05) is 12.1 Å². The molecule has 0 bridgehead atoms. The zero-order chi connectivity index (χ0) is 20.2. The van der Waals surface area contributed by atoms with Gasteiger partial charge in [0.15, 0.2) is 10.7 Å². The summed E-state index contributed by atoms with van der Waals surface area (Å²) in [7, 11) is -3.83. The monoisotopic (exact) mass is 466 g/mol. The van der Waals surface area contributed by atoms with Crippen molar-refractivity contribution in [1.29, 1.82) is 0 Å². The lowest BCUT2D eigenvalue weighted by Crippen LogP contribution is -2.06. The van der Waals surface area contributed by atoms with Crippen LogP contribution in [0.2, 0.25) is 0 Å². The molecule has 3 aromatic heterocycles. The Balaban J connectivity index is 1.69. The Hall–Kier alpha value is -2.97. The third-order valence-electron chi connectivity index (χ3n) is 4.87. The van der Waals surface area contributed by atoms with Gasteiger partial charge in [0, 0.05) is 27.9 Å². The number of fused-ring (bicyclic) bond motifs is 2. The highest BCUT2D eigenvalue weighted by molar-refractivity contribution is 9.10. The first-order valence-electron chi connectivity index (χ1n) is 8.86. The Kier molecular flexibility index (Phi) is 4.07. The average Bonchev–Trinajstić information content (AvgIpc) is 3.35. The van der Waals surface area contributed by atoms with Crippen LogP contribution >= 0.6 is 15.9 Å². The molecule has 2 aromatic carbocycles. The van der Waals surface area contributed by atoms with Crippen molar-refractivity contribution >= 4 is 47.8 Å². The number of nitrogens with zero attached hydrogens (tertiary/aromatic N) is 2. The van der Waals surface area contributed by atoms with E-state index in [1.165, 1.54) is 6.20 Å². The number of aromatic nitrogens is 4. The molecule has 5 aromatic rings. The first kappa shape index (κ1) is 18.1. The van der Waals surface area contributed by atoms with Crippen LogP contribution in [0.1, 0.15) is 5.56 Å². The highest BCUT2D eigenvalue weighted by Gasteiger charge is 2.24. The summed E-state index contributed by atoms with van der Waals surface area (Å²) in [5.41, 5.74) is 4.68. The minimum Gasteiger partial charge on any atom is -0.361 e. The predicted molar refractivity (Wildman–Crippen MR) is 116 cm³/mol. The van der Waals surface area contributed by atoms with E-state index in [9.17, 15) is 8.42 Å². The van der Waals surface area contributed by atoms with Crippen molar-refractivity contribution in [2.24, 2.45) is 0 Å². The van der Waals surface area contributed by atoms with E-state index < -0.39 is 9.84 Å². The summed E-state index contributed by atoms with van der Waals surface area (Å²) in [5.74, 6) is 0. The van der Waals surface area contributed by atoms with Crippen molar-refractivity contribution in [3.05, 3.63) is 71.1 Å². The van der Waals surface area contributed by atoms with Gasteiger partial charge in [-0.15, -0.1) is 0 Å². The number of nitrogens with one attached hydrogen (secondary N) is 2. The van der Waals surface area contributed by atoms with Crippen molar-refractivity contribution in [3.8, 4) is 11.1 Å². The molecule has 0 unspecified atom stereocenters. The minimum atomic E-state index is -3.83. The van der Waals surface area contributed by atoms with E-state index in [1.54, 1.807) is 18.3 Å². The average molecular weight is 467 g/mol. The fourth-order valence-electron chi connectivity index (χ4n) is 3.37. The number of hydrogen-bond acceptors (Lipinski definition) is 4. The fourth-order valence-corrected chi connectivity index (χ4v) is 5.55. The van der Waals surface area contributed by atoms with Crippen LogP contribution in [-0.4, -0.2) is 28.4 Å². The lowest BCUT2D eigenvalue weighted by Gasteiger charge is -2.07. The second-order valence-electron chi connectivity index (χ2n) is 6.82. The zero-order valence-corrected chi connectivity index (χ0v) is 17.7. The number of aryl methyl sites for hydroxylation is 1. The van der Waals surface area contributed by atoms with Crippen LogP contribution in [0, 0.1) is 6.92 Å². The molecule has 3 heterocycles. The number of halogens is 1. The minimum absolute atomic E-state index is 0.0835. The van der Waals surface area contributed by atoms with Crippen molar-refractivity contribution < 1.29 is 8.42 Å². The van der Waals surface area contributed by atoms with Crippen LogP contribution < -0.4 is 0 Å². The van der Waals surface area contributed by atoms with Crippen LogP contribution in [0.3, 0.4) is 0 Å². The van der Waals surface area contributed by atoms with E-state index in [-0.39, 0.29) is 9.92 Å². The van der Waals surface area contributed by atoms with E-state index >= 15 is 0 Å². The zero-order valence-electron chi connectivity index (χ0n) is 15.3.